The molecule has 0 aliphatic carbocycles. The number of likely N-dealkylation sites (tertiary alicyclic amines) is 2. The number of benzene rings is 1. The lowest BCUT2D eigenvalue weighted by atomic mass is 10.0. The van der Waals surface area contributed by atoms with Crippen molar-refractivity contribution in [3.63, 3.8) is 0 Å². The first kappa shape index (κ1) is 16.3. The number of alkyl halides is 2. The van der Waals surface area contributed by atoms with E-state index in [1.54, 1.807) is 17.0 Å². The summed E-state index contributed by atoms with van der Waals surface area (Å²) in [6, 6.07) is 7.06. The molecular formula is C17H22F2N2O2. The van der Waals surface area contributed by atoms with Gasteiger partial charge in [0.1, 0.15) is 0 Å². The van der Waals surface area contributed by atoms with Crippen molar-refractivity contribution in [3.05, 3.63) is 35.4 Å². The van der Waals surface area contributed by atoms with E-state index in [4.69, 9.17) is 0 Å². The summed E-state index contributed by atoms with van der Waals surface area (Å²) in [5.41, 5.74) is 1.67. The van der Waals surface area contributed by atoms with E-state index in [-0.39, 0.29) is 44.4 Å². The van der Waals surface area contributed by atoms with Crippen LogP contribution in [0, 0.1) is 6.92 Å². The van der Waals surface area contributed by atoms with Crippen molar-refractivity contribution in [2.75, 3.05) is 26.2 Å². The van der Waals surface area contributed by atoms with Crippen molar-refractivity contribution in [1.82, 2.24) is 9.80 Å². The van der Waals surface area contributed by atoms with Crippen LogP contribution in [0.25, 0.3) is 0 Å². The van der Waals surface area contributed by atoms with Crippen LogP contribution in [0.3, 0.4) is 0 Å². The molecule has 2 aliphatic rings. The molecule has 2 heterocycles. The number of carbonyl (C=O) groups excluding carboxylic acids is 1. The number of amides is 1. The molecule has 6 heteroatoms. The molecule has 4 nitrogen and oxygen atoms in total. The quantitative estimate of drug-likeness (QED) is 0.904. The van der Waals surface area contributed by atoms with Crippen molar-refractivity contribution < 1.29 is 18.7 Å². The third-order valence-corrected chi connectivity index (χ3v) is 4.84. The number of nitrogens with zero attached hydrogens (tertiary/aromatic N) is 2. The summed E-state index contributed by atoms with van der Waals surface area (Å²) in [6.45, 7) is 3.13. The number of aryl methyl sites for hydroxylation is 1. The van der Waals surface area contributed by atoms with Crippen LogP contribution in [0.4, 0.5) is 8.78 Å². The van der Waals surface area contributed by atoms with Crippen molar-refractivity contribution in [1.29, 1.82) is 0 Å². The number of piperidine rings is 1. The molecular weight excluding hydrogens is 302 g/mol. The minimum atomic E-state index is -2.60. The van der Waals surface area contributed by atoms with E-state index in [1.165, 1.54) is 0 Å². The molecule has 2 aliphatic heterocycles. The Morgan fingerprint density at radius 3 is 2.39 bits per heavy atom. The van der Waals surface area contributed by atoms with E-state index < -0.39 is 12.0 Å². The fraction of sp³-hybridized carbons (Fsp3) is 0.588. The highest BCUT2D eigenvalue weighted by Gasteiger charge is 2.42. The number of aliphatic hydroxyl groups excluding tert-OH is 1. The van der Waals surface area contributed by atoms with Gasteiger partial charge in [0, 0.05) is 44.6 Å². The Hall–Kier alpha value is -1.53. The molecule has 0 radical (unpaired) electrons. The van der Waals surface area contributed by atoms with Crippen LogP contribution in [0.2, 0.25) is 0 Å². The van der Waals surface area contributed by atoms with Crippen molar-refractivity contribution in [2.24, 2.45) is 0 Å². The number of rotatable bonds is 2. The first-order valence-corrected chi connectivity index (χ1v) is 8.02. The topological polar surface area (TPSA) is 43.8 Å². The molecule has 0 bridgehead atoms. The SMILES string of the molecule is Cc1ccc(C(=O)N2C[C@@H](O)[C@H](N3CCC(F)(F)CC3)C2)cc1. The van der Waals surface area contributed by atoms with E-state index >= 15 is 0 Å². The molecule has 0 spiro atoms. The molecule has 1 N–H and O–H groups in total. The number of halogens is 2. The second kappa shape index (κ2) is 6.17. The Labute approximate surface area is 134 Å². The van der Waals surface area contributed by atoms with Crippen LogP contribution in [0.15, 0.2) is 24.3 Å². The number of hydrogen-bond donors (Lipinski definition) is 1. The second-order valence-corrected chi connectivity index (χ2v) is 6.60. The highest BCUT2D eigenvalue weighted by Crippen LogP contribution is 2.30. The van der Waals surface area contributed by atoms with Gasteiger partial charge < -0.3 is 10.0 Å². The molecule has 0 unspecified atom stereocenters. The molecule has 2 atom stereocenters. The molecule has 1 aromatic rings. The highest BCUT2D eigenvalue weighted by molar-refractivity contribution is 5.94. The second-order valence-electron chi connectivity index (χ2n) is 6.60. The predicted octanol–water partition coefficient (Wildman–Crippen LogP) is 1.91. The lowest BCUT2D eigenvalue weighted by Gasteiger charge is -2.36. The predicted molar refractivity (Wildman–Crippen MR) is 82.6 cm³/mol. The molecule has 3 rings (SSSR count). The summed E-state index contributed by atoms with van der Waals surface area (Å²) < 4.78 is 26.5. The smallest absolute Gasteiger partial charge is 0.253 e. The summed E-state index contributed by atoms with van der Waals surface area (Å²) in [4.78, 5) is 16.0. The zero-order valence-corrected chi connectivity index (χ0v) is 13.2. The van der Waals surface area contributed by atoms with Gasteiger partial charge in [0.05, 0.1) is 12.1 Å². The summed E-state index contributed by atoms with van der Waals surface area (Å²) in [7, 11) is 0. The van der Waals surface area contributed by atoms with Gasteiger partial charge in [-0.05, 0) is 19.1 Å². The Morgan fingerprint density at radius 2 is 1.78 bits per heavy atom. The van der Waals surface area contributed by atoms with E-state index in [0.29, 0.717) is 12.1 Å². The van der Waals surface area contributed by atoms with Gasteiger partial charge in [-0.25, -0.2) is 8.78 Å². The fourth-order valence-corrected chi connectivity index (χ4v) is 3.36. The van der Waals surface area contributed by atoms with Gasteiger partial charge in [0.2, 0.25) is 0 Å². The zero-order valence-electron chi connectivity index (χ0n) is 13.2. The Balaban J connectivity index is 1.64. The average Bonchev–Trinajstić information content (AvgIpc) is 2.89. The van der Waals surface area contributed by atoms with E-state index in [9.17, 15) is 18.7 Å². The van der Waals surface area contributed by atoms with Gasteiger partial charge in [-0.15, -0.1) is 0 Å². The molecule has 2 saturated heterocycles. The van der Waals surface area contributed by atoms with E-state index in [0.717, 1.165) is 5.56 Å². The molecule has 1 aromatic carbocycles. The van der Waals surface area contributed by atoms with Crippen molar-refractivity contribution in [2.45, 2.75) is 37.8 Å². The highest BCUT2D eigenvalue weighted by atomic mass is 19.3. The molecule has 2 fully saturated rings. The molecule has 0 aromatic heterocycles. The first-order chi connectivity index (χ1) is 10.9. The van der Waals surface area contributed by atoms with Crippen LogP contribution < -0.4 is 0 Å². The van der Waals surface area contributed by atoms with Gasteiger partial charge in [0.15, 0.2) is 0 Å². The number of hydrogen-bond acceptors (Lipinski definition) is 3. The maximum absolute atomic E-state index is 13.3. The van der Waals surface area contributed by atoms with Gasteiger partial charge in [-0.2, -0.15) is 0 Å². The number of carbonyl (C=O) groups is 1. The maximum atomic E-state index is 13.3. The van der Waals surface area contributed by atoms with E-state index in [1.807, 2.05) is 24.0 Å². The van der Waals surface area contributed by atoms with Crippen molar-refractivity contribution in [3.8, 4) is 0 Å². The van der Waals surface area contributed by atoms with Crippen molar-refractivity contribution >= 4 is 5.91 Å². The summed E-state index contributed by atoms with van der Waals surface area (Å²) in [6.07, 6.45) is -1.04. The molecule has 126 valence electrons. The zero-order chi connectivity index (χ0) is 16.6. The minimum Gasteiger partial charge on any atom is -0.390 e. The molecule has 0 saturated carbocycles. The average molecular weight is 324 g/mol. The lowest BCUT2D eigenvalue weighted by Crippen LogP contribution is -2.49. The minimum absolute atomic E-state index is 0.117. The third-order valence-electron chi connectivity index (χ3n) is 4.84. The van der Waals surface area contributed by atoms with Crippen LogP contribution in [0.5, 0.6) is 0 Å². The van der Waals surface area contributed by atoms with Gasteiger partial charge in [0.25, 0.3) is 11.8 Å². The van der Waals surface area contributed by atoms with E-state index in [2.05, 4.69) is 0 Å². The third kappa shape index (κ3) is 3.53. The monoisotopic (exact) mass is 324 g/mol. The van der Waals surface area contributed by atoms with Gasteiger partial charge in [-0.1, -0.05) is 17.7 Å². The fourth-order valence-electron chi connectivity index (χ4n) is 3.36. The van der Waals surface area contributed by atoms with Crippen LogP contribution in [0.1, 0.15) is 28.8 Å². The number of β-amino-alcohol motifs (C(OH)–C–C–N with tert-alkyl or cyclic N) is 1. The Morgan fingerprint density at radius 1 is 1.17 bits per heavy atom. The first-order valence-electron chi connectivity index (χ1n) is 8.02. The summed E-state index contributed by atoms with van der Waals surface area (Å²) in [5.74, 6) is -2.72. The maximum Gasteiger partial charge on any atom is 0.253 e. The number of aliphatic hydroxyl groups is 1. The van der Waals surface area contributed by atoms with Crippen LogP contribution in [-0.4, -0.2) is 65.1 Å². The normalized spacial score (nSPS) is 28.1. The van der Waals surface area contributed by atoms with Crippen LogP contribution in [-0.2, 0) is 0 Å². The Bertz CT molecular complexity index is 566. The van der Waals surface area contributed by atoms with Crippen LogP contribution >= 0.6 is 0 Å². The summed E-state index contributed by atoms with van der Waals surface area (Å²) >= 11 is 0. The largest absolute Gasteiger partial charge is 0.390 e. The lowest BCUT2D eigenvalue weighted by molar-refractivity contribution is -0.0697. The molecule has 23 heavy (non-hydrogen) atoms. The summed E-state index contributed by atoms with van der Waals surface area (Å²) in [5, 5.41) is 10.3. The Kier molecular flexibility index (Phi) is 4.38. The van der Waals surface area contributed by atoms with Gasteiger partial charge in [-0.3, -0.25) is 9.69 Å². The van der Waals surface area contributed by atoms with Gasteiger partial charge >= 0.3 is 0 Å². The molecule has 1 amide bonds. The standard InChI is InChI=1S/C17H22F2N2O2/c1-12-2-4-13(5-3-12)16(23)21-10-14(15(22)11-21)20-8-6-17(18,19)7-9-20/h2-5,14-15,22H,6-11H2,1H3/t14-,15-/m1/s1.